The van der Waals surface area contributed by atoms with Crippen molar-refractivity contribution in [3.8, 4) is 0 Å². The van der Waals surface area contributed by atoms with Crippen LogP contribution in [-0.2, 0) is 4.79 Å². The highest BCUT2D eigenvalue weighted by Gasteiger charge is 2.33. The lowest BCUT2D eigenvalue weighted by molar-refractivity contribution is -0.117. The van der Waals surface area contributed by atoms with Crippen molar-refractivity contribution in [1.29, 1.82) is 0 Å². The quantitative estimate of drug-likeness (QED) is 0.786. The zero-order valence-electron chi connectivity index (χ0n) is 12.4. The number of aromatic amines is 1. The van der Waals surface area contributed by atoms with E-state index in [0.717, 1.165) is 22.5 Å². The van der Waals surface area contributed by atoms with Crippen molar-refractivity contribution in [3.05, 3.63) is 59.9 Å². The van der Waals surface area contributed by atoms with Crippen LogP contribution < -0.4 is 4.90 Å². The van der Waals surface area contributed by atoms with E-state index in [4.69, 9.17) is 0 Å². The number of H-pyrrole nitrogens is 1. The number of amides is 1. The normalized spacial score (nSPS) is 18.3. The predicted molar refractivity (Wildman–Crippen MR) is 87.0 cm³/mol. The van der Waals surface area contributed by atoms with Gasteiger partial charge in [0.1, 0.15) is 5.82 Å². The minimum absolute atomic E-state index is 0.126. The molecule has 0 unspecified atom stereocenters. The number of carbonyl (C=O) groups excluding carboxylic acids is 1. The molecule has 0 radical (unpaired) electrons. The van der Waals surface area contributed by atoms with Crippen LogP contribution in [0.3, 0.4) is 0 Å². The Morgan fingerprint density at radius 3 is 2.68 bits per heavy atom. The Morgan fingerprint density at radius 1 is 1.14 bits per heavy atom. The lowest BCUT2D eigenvalue weighted by atomic mass is 10.1. The first-order valence-corrected chi connectivity index (χ1v) is 7.52. The van der Waals surface area contributed by atoms with E-state index in [1.165, 1.54) is 5.56 Å². The maximum atomic E-state index is 12.3. The van der Waals surface area contributed by atoms with E-state index < -0.39 is 0 Å². The fourth-order valence-electron chi connectivity index (χ4n) is 3.03. The number of hydrogen-bond donors (Lipinski definition) is 1. The number of nitrogens with one attached hydrogen (secondary N) is 1. The average Bonchev–Trinajstić information content (AvgIpc) is 3.11. The van der Waals surface area contributed by atoms with E-state index in [1.807, 2.05) is 60.4 Å². The monoisotopic (exact) mass is 291 g/mol. The summed E-state index contributed by atoms with van der Waals surface area (Å²) in [6, 6.07) is 16.1. The molecule has 1 N–H and O–H groups in total. The molecule has 2 aromatic carbocycles. The van der Waals surface area contributed by atoms with Gasteiger partial charge in [-0.05, 0) is 31.2 Å². The number of para-hydroxylation sites is 2. The highest BCUT2D eigenvalue weighted by molar-refractivity contribution is 5.96. The number of carbonyl (C=O) groups is 1. The summed E-state index contributed by atoms with van der Waals surface area (Å²) in [6.45, 7) is 2.73. The van der Waals surface area contributed by atoms with Crippen LogP contribution in [-0.4, -0.2) is 22.4 Å². The van der Waals surface area contributed by atoms with Gasteiger partial charge in [0.05, 0.1) is 11.0 Å². The molecule has 4 nitrogen and oxygen atoms in total. The fourth-order valence-corrected chi connectivity index (χ4v) is 3.03. The largest absolute Gasteiger partial charge is 0.342 e. The van der Waals surface area contributed by atoms with E-state index in [1.54, 1.807) is 0 Å². The molecule has 1 atom stereocenters. The molecule has 22 heavy (non-hydrogen) atoms. The Balaban J connectivity index is 1.62. The molecule has 2 heterocycles. The molecular formula is C18H17N3O. The van der Waals surface area contributed by atoms with Crippen LogP contribution in [0.1, 0.15) is 23.7 Å². The van der Waals surface area contributed by atoms with Crippen molar-refractivity contribution >= 4 is 22.6 Å². The third kappa shape index (κ3) is 2.17. The Labute approximate surface area is 128 Å². The van der Waals surface area contributed by atoms with Gasteiger partial charge in [0.15, 0.2) is 0 Å². The lowest BCUT2D eigenvalue weighted by Crippen LogP contribution is -2.24. The van der Waals surface area contributed by atoms with Crippen molar-refractivity contribution in [2.75, 3.05) is 11.4 Å². The predicted octanol–water partition coefficient (Wildman–Crippen LogP) is 3.39. The summed E-state index contributed by atoms with van der Waals surface area (Å²) in [7, 11) is 0. The first-order valence-electron chi connectivity index (χ1n) is 7.52. The lowest BCUT2D eigenvalue weighted by Gasteiger charge is -2.16. The molecule has 4 heteroatoms. The molecule has 1 fully saturated rings. The van der Waals surface area contributed by atoms with E-state index in [9.17, 15) is 4.79 Å². The van der Waals surface area contributed by atoms with Crippen molar-refractivity contribution < 1.29 is 4.79 Å². The van der Waals surface area contributed by atoms with Crippen LogP contribution in [0.15, 0.2) is 48.5 Å². The van der Waals surface area contributed by atoms with Gasteiger partial charge in [-0.3, -0.25) is 4.79 Å². The molecule has 110 valence electrons. The van der Waals surface area contributed by atoms with Gasteiger partial charge >= 0.3 is 0 Å². The number of aromatic nitrogens is 2. The standard InChI is InChI=1S/C18H17N3O/c1-12-6-8-14(9-7-12)21-11-13(10-17(21)22)18-19-15-4-2-3-5-16(15)20-18/h2-9,13H,10-11H2,1H3,(H,19,20)/t13-/m1/s1. The van der Waals surface area contributed by atoms with Crippen molar-refractivity contribution in [1.82, 2.24) is 9.97 Å². The Kier molecular flexibility index (Phi) is 2.96. The van der Waals surface area contributed by atoms with Gasteiger partial charge in [-0.25, -0.2) is 4.98 Å². The maximum absolute atomic E-state index is 12.3. The second kappa shape index (κ2) is 4.98. The molecule has 0 spiro atoms. The second-order valence-electron chi connectivity index (χ2n) is 5.88. The molecule has 0 aliphatic carbocycles. The highest BCUT2D eigenvalue weighted by Crippen LogP contribution is 2.31. The summed E-state index contributed by atoms with van der Waals surface area (Å²) in [4.78, 5) is 22.2. The molecule has 1 saturated heterocycles. The van der Waals surface area contributed by atoms with E-state index in [0.29, 0.717) is 13.0 Å². The van der Waals surface area contributed by atoms with Crippen LogP contribution in [0.2, 0.25) is 0 Å². The number of fused-ring (bicyclic) bond motifs is 1. The zero-order valence-corrected chi connectivity index (χ0v) is 12.4. The SMILES string of the molecule is Cc1ccc(N2C[C@H](c3nc4ccccc4[nH]3)CC2=O)cc1. The summed E-state index contributed by atoms with van der Waals surface area (Å²) >= 11 is 0. The number of anilines is 1. The number of benzene rings is 2. The van der Waals surface area contributed by atoms with Gasteiger partial charge < -0.3 is 9.88 Å². The third-order valence-electron chi connectivity index (χ3n) is 4.27. The number of nitrogens with zero attached hydrogens (tertiary/aromatic N) is 2. The summed E-state index contributed by atoms with van der Waals surface area (Å²) in [5, 5.41) is 0. The molecule has 4 rings (SSSR count). The van der Waals surface area contributed by atoms with Crippen LogP contribution >= 0.6 is 0 Å². The molecule has 1 aliphatic heterocycles. The minimum atomic E-state index is 0.126. The smallest absolute Gasteiger partial charge is 0.227 e. The fraction of sp³-hybridized carbons (Fsp3) is 0.222. The van der Waals surface area contributed by atoms with Gasteiger partial charge in [-0.15, -0.1) is 0 Å². The van der Waals surface area contributed by atoms with Gasteiger partial charge in [-0.2, -0.15) is 0 Å². The zero-order chi connectivity index (χ0) is 15.1. The Hall–Kier alpha value is -2.62. The maximum Gasteiger partial charge on any atom is 0.227 e. The van der Waals surface area contributed by atoms with Gasteiger partial charge in [0, 0.05) is 24.6 Å². The summed E-state index contributed by atoms with van der Waals surface area (Å²) in [6.07, 6.45) is 0.508. The van der Waals surface area contributed by atoms with E-state index in [2.05, 4.69) is 9.97 Å². The van der Waals surface area contributed by atoms with Crippen LogP contribution in [0.5, 0.6) is 0 Å². The first kappa shape index (κ1) is 13.1. The molecular weight excluding hydrogens is 274 g/mol. The van der Waals surface area contributed by atoms with Crippen molar-refractivity contribution in [2.45, 2.75) is 19.3 Å². The number of hydrogen-bond acceptors (Lipinski definition) is 2. The Morgan fingerprint density at radius 2 is 1.91 bits per heavy atom. The average molecular weight is 291 g/mol. The third-order valence-corrected chi connectivity index (χ3v) is 4.27. The first-order chi connectivity index (χ1) is 10.7. The topological polar surface area (TPSA) is 49.0 Å². The molecule has 3 aromatic rings. The van der Waals surface area contributed by atoms with Crippen LogP contribution in [0, 0.1) is 6.92 Å². The van der Waals surface area contributed by atoms with Crippen LogP contribution in [0.25, 0.3) is 11.0 Å². The van der Waals surface area contributed by atoms with Gasteiger partial charge in [0.2, 0.25) is 5.91 Å². The second-order valence-corrected chi connectivity index (χ2v) is 5.88. The molecule has 0 saturated carbocycles. The molecule has 1 aliphatic rings. The van der Waals surface area contributed by atoms with Crippen LogP contribution in [0.4, 0.5) is 5.69 Å². The molecule has 0 bridgehead atoms. The minimum Gasteiger partial charge on any atom is -0.342 e. The summed E-state index contributed by atoms with van der Waals surface area (Å²) in [5.41, 5.74) is 4.15. The highest BCUT2D eigenvalue weighted by atomic mass is 16.2. The molecule has 1 amide bonds. The van der Waals surface area contributed by atoms with Crippen molar-refractivity contribution in [3.63, 3.8) is 0 Å². The number of imidazole rings is 1. The summed E-state index contributed by atoms with van der Waals surface area (Å²) in [5.74, 6) is 1.19. The van der Waals surface area contributed by atoms with E-state index >= 15 is 0 Å². The number of aryl methyl sites for hydroxylation is 1. The summed E-state index contributed by atoms with van der Waals surface area (Å²) < 4.78 is 0. The number of rotatable bonds is 2. The van der Waals surface area contributed by atoms with Gasteiger partial charge in [-0.1, -0.05) is 29.8 Å². The van der Waals surface area contributed by atoms with Crippen molar-refractivity contribution in [2.24, 2.45) is 0 Å². The Bertz CT molecular complexity index is 802. The van der Waals surface area contributed by atoms with E-state index in [-0.39, 0.29) is 11.8 Å². The van der Waals surface area contributed by atoms with Gasteiger partial charge in [0.25, 0.3) is 0 Å². The molecule has 1 aromatic heterocycles.